The van der Waals surface area contributed by atoms with Crippen LogP contribution in [-0.2, 0) is 4.79 Å². The molecule has 2 aromatic carbocycles. The van der Waals surface area contributed by atoms with Crippen molar-refractivity contribution in [2.45, 2.75) is 13.3 Å². The fourth-order valence-corrected chi connectivity index (χ4v) is 2.11. The summed E-state index contributed by atoms with van der Waals surface area (Å²) in [7, 11) is 0. The summed E-state index contributed by atoms with van der Waals surface area (Å²) in [5.74, 6) is 0.734. The molecule has 0 unspecified atom stereocenters. The first-order valence-corrected chi connectivity index (χ1v) is 7.04. The molecule has 0 heterocycles. The Morgan fingerprint density at radius 2 is 1.90 bits per heavy atom. The van der Waals surface area contributed by atoms with Gasteiger partial charge in [0.2, 0.25) is 5.91 Å². The summed E-state index contributed by atoms with van der Waals surface area (Å²) in [6, 6.07) is 16.9. The van der Waals surface area contributed by atoms with E-state index in [0.29, 0.717) is 31.0 Å². The van der Waals surface area contributed by atoms with Gasteiger partial charge in [-0.3, -0.25) is 4.79 Å². The third kappa shape index (κ3) is 4.24. The predicted octanol–water partition coefficient (Wildman–Crippen LogP) is 3.09. The van der Waals surface area contributed by atoms with Crippen LogP contribution in [0.3, 0.4) is 0 Å². The van der Waals surface area contributed by atoms with E-state index in [1.165, 1.54) is 0 Å². The lowest BCUT2D eigenvalue weighted by atomic mass is 10.2. The average Bonchev–Trinajstić information content (AvgIpc) is 2.49. The molecule has 1 amide bonds. The zero-order valence-corrected chi connectivity index (χ0v) is 12.2. The number of nitrogens with two attached hydrogens (primary N) is 1. The lowest BCUT2D eigenvalue weighted by Crippen LogP contribution is -2.31. The van der Waals surface area contributed by atoms with E-state index in [1.54, 1.807) is 17.0 Å². The first-order chi connectivity index (χ1) is 10.2. The second-order valence-electron chi connectivity index (χ2n) is 4.64. The van der Waals surface area contributed by atoms with Crippen LogP contribution in [0.4, 0.5) is 11.4 Å². The molecule has 0 aliphatic rings. The topological polar surface area (TPSA) is 55.6 Å². The average molecular weight is 284 g/mol. The summed E-state index contributed by atoms with van der Waals surface area (Å²) >= 11 is 0. The number of carbonyl (C=O) groups excluding carboxylic acids is 1. The predicted molar refractivity (Wildman–Crippen MR) is 85.4 cm³/mol. The Bertz CT molecular complexity index is 584. The fraction of sp³-hybridized carbons (Fsp3) is 0.235. The Balaban J connectivity index is 1.89. The van der Waals surface area contributed by atoms with Gasteiger partial charge in [-0.1, -0.05) is 24.3 Å². The van der Waals surface area contributed by atoms with Crippen LogP contribution in [0.5, 0.6) is 5.75 Å². The number of hydrogen-bond acceptors (Lipinski definition) is 3. The molecular weight excluding hydrogens is 264 g/mol. The Kier molecular flexibility index (Phi) is 5.21. The van der Waals surface area contributed by atoms with E-state index in [9.17, 15) is 4.79 Å². The summed E-state index contributed by atoms with van der Waals surface area (Å²) < 4.78 is 5.56. The number of anilines is 2. The van der Waals surface area contributed by atoms with Gasteiger partial charge in [-0.25, -0.2) is 0 Å². The molecule has 0 aliphatic carbocycles. The van der Waals surface area contributed by atoms with Crippen molar-refractivity contribution in [2.24, 2.45) is 0 Å². The molecule has 0 radical (unpaired) electrons. The van der Waals surface area contributed by atoms with Crippen molar-refractivity contribution in [2.75, 3.05) is 23.8 Å². The standard InChI is InChI=1S/C17H20N2O2/c1-2-19(15-8-4-3-5-9-15)17(20)11-12-21-16-10-6-7-14(18)13-16/h3-10,13H,2,11-12,18H2,1H3. The van der Waals surface area contributed by atoms with Gasteiger partial charge < -0.3 is 15.4 Å². The molecule has 0 spiro atoms. The van der Waals surface area contributed by atoms with Crippen LogP contribution >= 0.6 is 0 Å². The van der Waals surface area contributed by atoms with E-state index in [-0.39, 0.29) is 5.91 Å². The number of ether oxygens (including phenoxy) is 1. The fourth-order valence-electron chi connectivity index (χ4n) is 2.11. The van der Waals surface area contributed by atoms with Crippen LogP contribution in [0.25, 0.3) is 0 Å². The highest BCUT2D eigenvalue weighted by Gasteiger charge is 2.13. The lowest BCUT2D eigenvalue weighted by Gasteiger charge is -2.21. The number of carbonyl (C=O) groups is 1. The Morgan fingerprint density at radius 1 is 1.14 bits per heavy atom. The highest BCUT2D eigenvalue weighted by atomic mass is 16.5. The SMILES string of the molecule is CCN(C(=O)CCOc1cccc(N)c1)c1ccccc1. The van der Waals surface area contributed by atoms with Crippen LogP contribution in [0.1, 0.15) is 13.3 Å². The van der Waals surface area contributed by atoms with E-state index in [4.69, 9.17) is 10.5 Å². The van der Waals surface area contributed by atoms with E-state index in [2.05, 4.69) is 0 Å². The number of nitrogen functional groups attached to an aromatic ring is 1. The number of hydrogen-bond donors (Lipinski definition) is 1. The quantitative estimate of drug-likeness (QED) is 0.829. The highest BCUT2D eigenvalue weighted by Crippen LogP contribution is 2.16. The van der Waals surface area contributed by atoms with Crippen molar-refractivity contribution in [3.05, 3.63) is 54.6 Å². The van der Waals surface area contributed by atoms with Gasteiger partial charge in [0.25, 0.3) is 0 Å². The number of rotatable bonds is 6. The summed E-state index contributed by atoms with van der Waals surface area (Å²) in [5, 5.41) is 0. The zero-order chi connectivity index (χ0) is 15.1. The summed E-state index contributed by atoms with van der Waals surface area (Å²) in [6.45, 7) is 2.94. The van der Waals surface area contributed by atoms with Gasteiger partial charge in [0.05, 0.1) is 13.0 Å². The molecule has 110 valence electrons. The van der Waals surface area contributed by atoms with Crippen molar-refractivity contribution in [3.8, 4) is 5.75 Å². The van der Waals surface area contributed by atoms with Gasteiger partial charge in [0.15, 0.2) is 0 Å². The monoisotopic (exact) mass is 284 g/mol. The van der Waals surface area contributed by atoms with Crippen LogP contribution in [-0.4, -0.2) is 19.1 Å². The van der Waals surface area contributed by atoms with Crippen LogP contribution in [0.2, 0.25) is 0 Å². The van der Waals surface area contributed by atoms with E-state index in [1.807, 2.05) is 49.4 Å². The summed E-state index contributed by atoms with van der Waals surface area (Å²) in [5.41, 5.74) is 7.24. The van der Waals surface area contributed by atoms with Gasteiger partial charge in [0.1, 0.15) is 5.75 Å². The number of benzene rings is 2. The van der Waals surface area contributed by atoms with Gasteiger partial charge >= 0.3 is 0 Å². The zero-order valence-electron chi connectivity index (χ0n) is 12.2. The van der Waals surface area contributed by atoms with Crippen molar-refractivity contribution in [1.82, 2.24) is 0 Å². The summed E-state index contributed by atoms with van der Waals surface area (Å²) in [6.07, 6.45) is 0.331. The van der Waals surface area contributed by atoms with Crippen molar-refractivity contribution >= 4 is 17.3 Å². The Morgan fingerprint density at radius 3 is 2.57 bits per heavy atom. The van der Waals surface area contributed by atoms with Crippen LogP contribution < -0.4 is 15.4 Å². The van der Waals surface area contributed by atoms with Crippen LogP contribution in [0.15, 0.2) is 54.6 Å². The molecule has 0 aromatic heterocycles. The molecule has 2 rings (SSSR count). The van der Waals surface area contributed by atoms with E-state index < -0.39 is 0 Å². The molecule has 0 bridgehead atoms. The van der Waals surface area contributed by atoms with Gasteiger partial charge in [0, 0.05) is 24.0 Å². The largest absolute Gasteiger partial charge is 0.493 e. The molecule has 0 fully saturated rings. The van der Waals surface area contributed by atoms with Crippen molar-refractivity contribution in [3.63, 3.8) is 0 Å². The second-order valence-corrected chi connectivity index (χ2v) is 4.64. The lowest BCUT2D eigenvalue weighted by molar-refractivity contribution is -0.119. The number of amides is 1. The van der Waals surface area contributed by atoms with Gasteiger partial charge in [-0.15, -0.1) is 0 Å². The normalized spacial score (nSPS) is 10.1. The molecule has 0 aliphatic heterocycles. The third-order valence-electron chi connectivity index (χ3n) is 3.13. The minimum Gasteiger partial charge on any atom is -0.493 e. The number of nitrogens with zero attached hydrogens (tertiary/aromatic N) is 1. The first-order valence-electron chi connectivity index (χ1n) is 7.04. The molecule has 0 saturated carbocycles. The van der Waals surface area contributed by atoms with Crippen molar-refractivity contribution < 1.29 is 9.53 Å². The molecule has 2 N–H and O–H groups in total. The number of para-hydroxylation sites is 1. The first kappa shape index (κ1) is 14.9. The van der Waals surface area contributed by atoms with Gasteiger partial charge in [-0.05, 0) is 31.2 Å². The molecule has 21 heavy (non-hydrogen) atoms. The van der Waals surface area contributed by atoms with Gasteiger partial charge in [-0.2, -0.15) is 0 Å². The maximum absolute atomic E-state index is 12.3. The smallest absolute Gasteiger partial charge is 0.230 e. The maximum Gasteiger partial charge on any atom is 0.230 e. The minimum atomic E-state index is 0.0487. The molecule has 4 heteroatoms. The second kappa shape index (κ2) is 7.33. The summed E-state index contributed by atoms with van der Waals surface area (Å²) in [4.78, 5) is 14.0. The van der Waals surface area contributed by atoms with E-state index >= 15 is 0 Å². The molecule has 0 saturated heterocycles. The Hall–Kier alpha value is -2.49. The molecule has 4 nitrogen and oxygen atoms in total. The molecule has 2 aromatic rings. The third-order valence-corrected chi connectivity index (χ3v) is 3.13. The van der Waals surface area contributed by atoms with Crippen LogP contribution in [0, 0.1) is 0 Å². The molecular formula is C17H20N2O2. The van der Waals surface area contributed by atoms with E-state index in [0.717, 1.165) is 5.69 Å². The minimum absolute atomic E-state index is 0.0487. The Labute approximate surface area is 125 Å². The highest BCUT2D eigenvalue weighted by molar-refractivity contribution is 5.93. The maximum atomic E-state index is 12.3. The molecule has 0 atom stereocenters. The van der Waals surface area contributed by atoms with Crippen molar-refractivity contribution in [1.29, 1.82) is 0 Å².